The van der Waals surface area contributed by atoms with Gasteiger partial charge in [0.05, 0.1) is 44.2 Å². The van der Waals surface area contributed by atoms with Crippen LogP contribution in [0.4, 0.5) is 11.4 Å². The summed E-state index contributed by atoms with van der Waals surface area (Å²) in [7, 11) is 0. The lowest BCUT2D eigenvalue weighted by atomic mass is 10.0. The molecule has 0 saturated heterocycles. The second-order valence-corrected chi connectivity index (χ2v) is 9.87. The van der Waals surface area contributed by atoms with E-state index in [0.29, 0.717) is 32.0 Å². The van der Waals surface area contributed by atoms with Crippen LogP contribution in [0, 0.1) is 10.1 Å². The summed E-state index contributed by atoms with van der Waals surface area (Å²) in [5.74, 6) is 0.742. The maximum Gasteiger partial charge on any atom is 0.282 e. The Hall–Kier alpha value is -4.18. The molecule has 0 saturated carbocycles. The van der Waals surface area contributed by atoms with Gasteiger partial charge in [0, 0.05) is 10.9 Å². The van der Waals surface area contributed by atoms with Crippen molar-refractivity contribution in [3.05, 3.63) is 109 Å². The van der Waals surface area contributed by atoms with Gasteiger partial charge in [0.15, 0.2) is 11.5 Å². The van der Waals surface area contributed by atoms with Gasteiger partial charge < -0.3 is 9.47 Å². The number of halogens is 2. The van der Waals surface area contributed by atoms with E-state index in [1.54, 1.807) is 28.9 Å². The van der Waals surface area contributed by atoms with Crippen LogP contribution in [0.25, 0.3) is 22.0 Å². The second-order valence-electron chi connectivity index (χ2n) is 8.22. The molecular formula is C27H16Cl2N4O4S. The number of nitrogens with zero attached hydrogens (tertiary/aromatic N) is 4. The summed E-state index contributed by atoms with van der Waals surface area (Å²) in [5.41, 5.74) is 2.41. The maximum absolute atomic E-state index is 11.8. The summed E-state index contributed by atoms with van der Waals surface area (Å²) in [6.45, 7) is 0.00424. The molecule has 38 heavy (non-hydrogen) atoms. The van der Waals surface area contributed by atoms with Crippen LogP contribution in [0.15, 0.2) is 88.3 Å². The Bertz CT molecular complexity index is 1820. The number of ether oxygens (including phenoxy) is 2. The van der Waals surface area contributed by atoms with E-state index in [4.69, 9.17) is 37.7 Å². The molecule has 188 valence electrons. The molecule has 0 amide bonds. The van der Waals surface area contributed by atoms with Gasteiger partial charge in [0.25, 0.3) is 5.69 Å². The van der Waals surface area contributed by atoms with E-state index in [0.717, 1.165) is 22.0 Å². The van der Waals surface area contributed by atoms with Crippen LogP contribution in [0.5, 0.6) is 11.5 Å². The van der Waals surface area contributed by atoms with Gasteiger partial charge in [-0.1, -0.05) is 65.7 Å². The Balaban J connectivity index is 1.55. The third-order valence-electron chi connectivity index (χ3n) is 5.91. The average molecular weight is 563 g/mol. The predicted octanol–water partition coefficient (Wildman–Crippen LogP) is 7.43. The van der Waals surface area contributed by atoms with E-state index < -0.39 is 4.92 Å². The zero-order valence-corrected chi connectivity index (χ0v) is 21.7. The zero-order valence-electron chi connectivity index (χ0n) is 19.4. The lowest BCUT2D eigenvalue weighted by molar-refractivity contribution is -0.385. The van der Waals surface area contributed by atoms with Crippen LogP contribution in [0.1, 0.15) is 5.56 Å². The number of benzene rings is 4. The highest BCUT2D eigenvalue weighted by molar-refractivity contribution is 7.07. The first-order valence-electron chi connectivity index (χ1n) is 11.3. The minimum Gasteiger partial charge on any atom is -0.454 e. The van der Waals surface area contributed by atoms with Crippen molar-refractivity contribution < 1.29 is 14.4 Å². The summed E-state index contributed by atoms with van der Waals surface area (Å²) in [4.78, 5) is 16.6. The molecule has 2 heterocycles. The Morgan fingerprint density at radius 1 is 0.974 bits per heavy atom. The first kappa shape index (κ1) is 24.2. The number of hydrogen-bond donors (Lipinski definition) is 0. The Labute approximate surface area is 229 Å². The normalized spacial score (nSPS) is 13.1. The molecule has 0 unspecified atom stereocenters. The molecule has 1 aromatic heterocycles. The molecule has 0 spiro atoms. The highest BCUT2D eigenvalue weighted by Crippen LogP contribution is 2.37. The lowest BCUT2D eigenvalue weighted by Crippen LogP contribution is -2.12. The van der Waals surface area contributed by atoms with Crippen molar-refractivity contribution >= 4 is 62.9 Å². The Morgan fingerprint density at radius 3 is 2.58 bits per heavy atom. The van der Waals surface area contributed by atoms with Gasteiger partial charge in [-0.2, -0.15) is 5.10 Å². The fourth-order valence-electron chi connectivity index (χ4n) is 4.12. The molecule has 5 aromatic rings. The molecule has 0 N–H and O–H groups in total. The number of nitro benzene ring substituents is 1. The number of thiazole rings is 1. The highest BCUT2D eigenvalue weighted by atomic mass is 35.5. The number of nitro groups is 1. The van der Waals surface area contributed by atoms with Crippen molar-refractivity contribution in [1.82, 2.24) is 4.68 Å². The van der Waals surface area contributed by atoms with Crippen molar-refractivity contribution in [1.29, 1.82) is 0 Å². The fourth-order valence-corrected chi connectivity index (χ4v) is 5.26. The third-order valence-corrected chi connectivity index (χ3v) is 7.46. The summed E-state index contributed by atoms with van der Waals surface area (Å²) in [5, 5.41) is 21.3. The summed E-state index contributed by atoms with van der Waals surface area (Å²) >= 11 is 13.7. The van der Waals surface area contributed by atoms with E-state index in [2.05, 4.69) is 5.10 Å². The molecule has 8 nitrogen and oxygen atoms in total. The second kappa shape index (κ2) is 9.94. The van der Waals surface area contributed by atoms with Gasteiger partial charge in [-0.25, -0.2) is 9.67 Å². The van der Waals surface area contributed by atoms with Crippen molar-refractivity contribution in [3.8, 4) is 22.8 Å². The number of aromatic nitrogens is 1. The number of rotatable bonds is 5. The van der Waals surface area contributed by atoms with Crippen LogP contribution in [-0.4, -0.2) is 22.6 Å². The molecular weight excluding hydrogens is 547 g/mol. The number of hydrogen-bond acceptors (Lipinski definition) is 7. The quantitative estimate of drug-likeness (QED) is 0.126. The Kier molecular flexibility index (Phi) is 6.32. The van der Waals surface area contributed by atoms with E-state index in [9.17, 15) is 10.1 Å². The van der Waals surface area contributed by atoms with Gasteiger partial charge in [-0.05, 0) is 35.0 Å². The van der Waals surface area contributed by atoms with Crippen molar-refractivity contribution in [3.63, 3.8) is 0 Å². The van der Waals surface area contributed by atoms with Gasteiger partial charge >= 0.3 is 0 Å². The van der Waals surface area contributed by atoms with E-state index in [1.165, 1.54) is 23.6 Å². The topological polar surface area (TPSA) is 91.2 Å². The molecule has 11 heteroatoms. The maximum atomic E-state index is 11.8. The van der Waals surface area contributed by atoms with Crippen LogP contribution in [0.3, 0.4) is 0 Å². The SMILES string of the molecule is O=[N+]([O-])c1cc2c(cc1C=Nn1c(-c3cccc4ccccc34)csc1=Nc1ccc(Cl)c(Cl)c1)OCO2. The summed E-state index contributed by atoms with van der Waals surface area (Å²) in [6.07, 6.45) is 1.43. The molecule has 0 fully saturated rings. The highest BCUT2D eigenvalue weighted by Gasteiger charge is 2.23. The minimum absolute atomic E-state index is 0.00424. The standard InChI is InChI=1S/C27H16Cl2N4O4S/c28-21-9-8-18(11-22(21)29)31-27-32(24(14-38-27)20-7-3-5-16-4-1-2-6-19(16)20)30-13-17-10-25-26(37-15-36-25)12-23(17)33(34)35/h1-14H,15H2. The Morgan fingerprint density at radius 2 is 1.76 bits per heavy atom. The van der Waals surface area contributed by atoms with Crippen LogP contribution >= 0.6 is 34.5 Å². The van der Waals surface area contributed by atoms with Gasteiger partial charge in [-0.15, -0.1) is 11.3 Å². The van der Waals surface area contributed by atoms with Crippen molar-refractivity contribution in [2.75, 3.05) is 6.79 Å². The lowest BCUT2D eigenvalue weighted by Gasteiger charge is -2.08. The van der Waals surface area contributed by atoms with E-state index >= 15 is 0 Å². The van der Waals surface area contributed by atoms with Gasteiger partial charge in [-0.3, -0.25) is 10.1 Å². The fraction of sp³-hybridized carbons (Fsp3) is 0.0370. The monoisotopic (exact) mass is 562 g/mol. The molecule has 6 rings (SSSR count). The molecule has 0 atom stereocenters. The molecule has 4 aromatic carbocycles. The molecule has 1 aliphatic heterocycles. The van der Waals surface area contributed by atoms with Crippen LogP contribution in [0.2, 0.25) is 10.0 Å². The van der Waals surface area contributed by atoms with E-state index in [1.807, 2.05) is 47.8 Å². The first-order chi connectivity index (χ1) is 18.5. The molecule has 0 aliphatic carbocycles. The van der Waals surface area contributed by atoms with Gasteiger partial charge in [0.2, 0.25) is 11.6 Å². The first-order valence-corrected chi connectivity index (χ1v) is 12.9. The molecule has 0 radical (unpaired) electrons. The third kappa shape index (κ3) is 4.51. The molecule has 0 bridgehead atoms. The van der Waals surface area contributed by atoms with E-state index in [-0.39, 0.29) is 18.0 Å². The number of fused-ring (bicyclic) bond motifs is 2. The molecule has 1 aliphatic rings. The van der Waals surface area contributed by atoms with Gasteiger partial charge in [0.1, 0.15) is 0 Å². The summed E-state index contributed by atoms with van der Waals surface area (Å²) < 4.78 is 12.4. The zero-order chi connectivity index (χ0) is 26.2. The largest absolute Gasteiger partial charge is 0.454 e. The van der Waals surface area contributed by atoms with Crippen LogP contribution in [-0.2, 0) is 0 Å². The smallest absolute Gasteiger partial charge is 0.282 e. The van der Waals surface area contributed by atoms with Crippen LogP contribution < -0.4 is 14.3 Å². The van der Waals surface area contributed by atoms with Crippen molar-refractivity contribution in [2.45, 2.75) is 0 Å². The average Bonchev–Trinajstić information content (AvgIpc) is 3.55. The minimum atomic E-state index is -0.478. The predicted molar refractivity (Wildman–Crippen MR) is 149 cm³/mol. The van der Waals surface area contributed by atoms with Crippen molar-refractivity contribution in [2.24, 2.45) is 10.1 Å². The summed E-state index contributed by atoms with van der Waals surface area (Å²) in [6, 6.07) is 22.0.